The van der Waals surface area contributed by atoms with E-state index >= 15 is 0 Å². The van der Waals surface area contributed by atoms with Gasteiger partial charge >= 0.3 is 0 Å². The van der Waals surface area contributed by atoms with Crippen LogP contribution in [-0.2, 0) is 0 Å². The van der Waals surface area contributed by atoms with E-state index in [1.165, 1.54) is 32.7 Å². The van der Waals surface area contributed by atoms with Crippen molar-refractivity contribution in [2.75, 3.05) is 4.90 Å². The van der Waals surface area contributed by atoms with Crippen molar-refractivity contribution in [1.82, 2.24) is 0 Å². The van der Waals surface area contributed by atoms with Gasteiger partial charge in [0.05, 0.1) is 0 Å². The molecule has 220 valence electrons. The summed E-state index contributed by atoms with van der Waals surface area (Å²) in [6, 6.07) is 58.0. The molecule has 0 aliphatic carbocycles. The third-order valence-electron chi connectivity index (χ3n) is 9.43. The summed E-state index contributed by atoms with van der Waals surface area (Å²) in [4.78, 5) is 2.32. The highest BCUT2D eigenvalue weighted by Gasteiger charge is 2.18. The van der Waals surface area contributed by atoms with Crippen molar-refractivity contribution in [2.45, 2.75) is 0 Å². The van der Waals surface area contributed by atoms with E-state index in [0.717, 1.165) is 60.9 Å². The quantitative estimate of drug-likeness (QED) is 0.188. The molecule has 0 spiro atoms. The lowest BCUT2D eigenvalue weighted by Gasteiger charge is -2.26. The van der Waals surface area contributed by atoms with Gasteiger partial charge in [-0.3, -0.25) is 0 Å². The third kappa shape index (κ3) is 4.14. The number of anilines is 3. The van der Waals surface area contributed by atoms with Gasteiger partial charge in [-0.2, -0.15) is 0 Å². The molecule has 0 radical (unpaired) electrons. The first-order chi connectivity index (χ1) is 23.3. The maximum absolute atomic E-state index is 6.48. The molecular formula is C44H27NO2. The number of rotatable bonds is 4. The molecule has 0 N–H and O–H groups in total. The van der Waals surface area contributed by atoms with E-state index < -0.39 is 0 Å². The molecular weight excluding hydrogens is 574 g/mol. The van der Waals surface area contributed by atoms with E-state index in [2.05, 4.69) is 157 Å². The van der Waals surface area contributed by atoms with Gasteiger partial charge in [-0.25, -0.2) is 0 Å². The van der Waals surface area contributed by atoms with Crippen LogP contribution in [0.15, 0.2) is 173 Å². The Labute approximate surface area is 270 Å². The smallest absolute Gasteiger partial charge is 0.136 e. The molecule has 0 unspecified atom stereocenters. The molecule has 3 heteroatoms. The van der Waals surface area contributed by atoms with Crippen LogP contribution in [0.2, 0.25) is 0 Å². The standard InChI is InChI=1S/C44H27NO2/c1-2-8-28(9-3-1)29-16-18-32(19-17-29)45(33-20-22-42-39(25-33)36-12-6-7-13-41(36)46-42)34-21-23-43-40(26-34)38-24-31-15-14-30-10-4-5-11-35(30)37(31)27-44(38)47-43/h1-27H. The van der Waals surface area contributed by atoms with Gasteiger partial charge in [0.1, 0.15) is 22.3 Å². The topological polar surface area (TPSA) is 29.5 Å². The molecule has 0 saturated carbocycles. The lowest BCUT2D eigenvalue weighted by atomic mass is 10.00. The molecule has 3 nitrogen and oxygen atoms in total. The molecule has 0 aliphatic heterocycles. The minimum absolute atomic E-state index is 0.874. The SMILES string of the molecule is c1ccc(-c2ccc(N(c3ccc4oc5ccccc5c4c3)c3ccc4oc5cc6c(ccc7ccccc76)cc5c4c3)cc2)cc1. The second kappa shape index (κ2) is 10.1. The average Bonchev–Trinajstić information content (AvgIpc) is 3.69. The van der Waals surface area contributed by atoms with E-state index in [-0.39, 0.29) is 0 Å². The zero-order valence-electron chi connectivity index (χ0n) is 25.4. The highest BCUT2D eigenvalue weighted by atomic mass is 16.3. The van der Waals surface area contributed by atoms with Gasteiger partial charge in [0.2, 0.25) is 0 Å². The number of nitrogens with zero attached hydrogens (tertiary/aromatic N) is 1. The molecule has 0 amide bonds. The highest BCUT2D eigenvalue weighted by molar-refractivity contribution is 6.16. The predicted molar refractivity (Wildman–Crippen MR) is 196 cm³/mol. The molecule has 0 fully saturated rings. The monoisotopic (exact) mass is 601 g/mol. The summed E-state index contributed by atoms with van der Waals surface area (Å²) in [6.45, 7) is 0. The van der Waals surface area contributed by atoms with Gasteiger partial charge in [-0.05, 0) is 99.4 Å². The molecule has 10 aromatic rings. The highest BCUT2D eigenvalue weighted by Crippen LogP contribution is 2.42. The van der Waals surface area contributed by atoms with Crippen LogP contribution in [0.5, 0.6) is 0 Å². The first-order valence-corrected chi connectivity index (χ1v) is 15.9. The van der Waals surface area contributed by atoms with Crippen molar-refractivity contribution in [1.29, 1.82) is 0 Å². The summed E-state index contributed by atoms with van der Waals surface area (Å²) in [6.07, 6.45) is 0. The summed E-state index contributed by atoms with van der Waals surface area (Å²) < 4.78 is 12.7. The van der Waals surface area contributed by atoms with Gasteiger partial charge in [0.15, 0.2) is 0 Å². The number of benzene rings is 8. The lowest BCUT2D eigenvalue weighted by molar-refractivity contribution is 0.669. The van der Waals surface area contributed by atoms with E-state index in [1.54, 1.807) is 0 Å². The van der Waals surface area contributed by atoms with Crippen LogP contribution < -0.4 is 4.90 Å². The fourth-order valence-corrected chi connectivity index (χ4v) is 7.14. The lowest BCUT2D eigenvalue weighted by Crippen LogP contribution is -2.09. The minimum Gasteiger partial charge on any atom is -0.456 e. The Morgan fingerprint density at radius 1 is 0.298 bits per heavy atom. The molecule has 0 saturated heterocycles. The van der Waals surface area contributed by atoms with Crippen LogP contribution in [0.4, 0.5) is 17.1 Å². The average molecular weight is 602 g/mol. The summed E-state index contributed by atoms with van der Waals surface area (Å²) in [5, 5.41) is 9.28. The van der Waals surface area contributed by atoms with Crippen LogP contribution in [0.3, 0.4) is 0 Å². The van der Waals surface area contributed by atoms with Crippen molar-refractivity contribution < 1.29 is 8.83 Å². The number of fused-ring (bicyclic) bond motifs is 9. The molecule has 2 aromatic heterocycles. The van der Waals surface area contributed by atoms with E-state index in [4.69, 9.17) is 8.83 Å². The van der Waals surface area contributed by atoms with Gasteiger partial charge < -0.3 is 13.7 Å². The van der Waals surface area contributed by atoms with Crippen molar-refractivity contribution in [3.63, 3.8) is 0 Å². The predicted octanol–water partition coefficient (Wildman–Crippen LogP) is 12.9. The summed E-state index contributed by atoms with van der Waals surface area (Å²) in [5.74, 6) is 0. The van der Waals surface area contributed by atoms with Gasteiger partial charge in [-0.15, -0.1) is 0 Å². The van der Waals surface area contributed by atoms with Crippen molar-refractivity contribution in [3.8, 4) is 11.1 Å². The van der Waals surface area contributed by atoms with Gasteiger partial charge in [-0.1, -0.05) is 97.1 Å². The minimum atomic E-state index is 0.874. The Bertz CT molecular complexity index is 2790. The van der Waals surface area contributed by atoms with Crippen LogP contribution >= 0.6 is 0 Å². The molecule has 2 heterocycles. The number of hydrogen-bond acceptors (Lipinski definition) is 3. The fraction of sp³-hybridized carbons (Fsp3) is 0. The Morgan fingerprint density at radius 2 is 0.851 bits per heavy atom. The molecule has 47 heavy (non-hydrogen) atoms. The molecule has 0 atom stereocenters. The van der Waals surface area contributed by atoms with Crippen LogP contribution in [0.1, 0.15) is 0 Å². The Morgan fingerprint density at radius 3 is 1.64 bits per heavy atom. The fourth-order valence-electron chi connectivity index (χ4n) is 7.14. The van der Waals surface area contributed by atoms with Crippen LogP contribution in [-0.4, -0.2) is 0 Å². The largest absolute Gasteiger partial charge is 0.456 e. The Balaban J connectivity index is 1.17. The van der Waals surface area contributed by atoms with E-state index in [9.17, 15) is 0 Å². The summed E-state index contributed by atoms with van der Waals surface area (Å²) >= 11 is 0. The number of furan rings is 2. The van der Waals surface area contributed by atoms with Crippen LogP contribution in [0.25, 0.3) is 76.5 Å². The Hall–Kier alpha value is -6.32. The van der Waals surface area contributed by atoms with Crippen molar-refractivity contribution in [2.24, 2.45) is 0 Å². The number of hydrogen-bond donors (Lipinski definition) is 0. The maximum atomic E-state index is 6.48. The van der Waals surface area contributed by atoms with Crippen molar-refractivity contribution in [3.05, 3.63) is 164 Å². The molecule has 8 aromatic carbocycles. The zero-order valence-corrected chi connectivity index (χ0v) is 25.4. The van der Waals surface area contributed by atoms with Crippen LogP contribution in [0, 0.1) is 0 Å². The third-order valence-corrected chi connectivity index (χ3v) is 9.43. The number of para-hydroxylation sites is 1. The van der Waals surface area contributed by atoms with Gasteiger partial charge in [0.25, 0.3) is 0 Å². The molecule has 10 rings (SSSR count). The second-order valence-electron chi connectivity index (χ2n) is 12.2. The first kappa shape index (κ1) is 26.0. The second-order valence-corrected chi connectivity index (χ2v) is 12.2. The zero-order chi connectivity index (χ0) is 30.9. The molecule has 0 aliphatic rings. The van der Waals surface area contributed by atoms with E-state index in [0.29, 0.717) is 0 Å². The molecule has 0 bridgehead atoms. The van der Waals surface area contributed by atoms with Crippen molar-refractivity contribution >= 4 is 82.5 Å². The van der Waals surface area contributed by atoms with E-state index in [1.807, 2.05) is 12.1 Å². The maximum Gasteiger partial charge on any atom is 0.136 e. The Kier molecular flexibility index (Phi) is 5.57. The summed E-state index contributed by atoms with van der Waals surface area (Å²) in [7, 11) is 0. The normalized spacial score (nSPS) is 11.8. The van der Waals surface area contributed by atoms with Gasteiger partial charge in [0, 0.05) is 38.6 Å². The first-order valence-electron chi connectivity index (χ1n) is 15.9. The summed E-state index contributed by atoms with van der Waals surface area (Å²) in [5.41, 5.74) is 9.10.